The number of hydrogen-bond acceptors (Lipinski definition) is 5. The molecule has 0 saturated carbocycles. The quantitative estimate of drug-likeness (QED) is 0.641. The fraction of sp³-hybridized carbons (Fsp3) is 0.286. The van der Waals surface area contributed by atoms with E-state index in [9.17, 15) is 23.2 Å². The molecular weight excluding hydrogens is 398 g/mol. The molecule has 0 fully saturated rings. The van der Waals surface area contributed by atoms with Gasteiger partial charge in [0.1, 0.15) is 29.1 Å². The van der Waals surface area contributed by atoms with E-state index in [1.54, 1.807) is 32.0 Å². The molecule has 160 valence electrons. The number of anilines is 1. The zero-order valence-corrected chi connectivity index (χ0v) is 16.7. The Kier molecular flexibility index (Phi) is 7.85. The van der Waals surface area contributed by atoms with Crippen LogP contribution in [0.2, 0.25) is 0 Å². The Morgan fingerprint density at radius 2 is 1.63 bits per heavy atom. The molecule has 0 aliphatic heterocycles. The maximum Gasteiger partial charge on any atom is 0.329 e. The average molecular weight is 420 g/mol. The minimum absolute atomic E-state index is 0.228. The number of ether oxygens (including phenoxy) is 2. The minimum Gasteiger partial charge on any atom is -0.496 e. The third kappa shape index (κ3) is 5.76. The lowest BCUT2D eigenvalue weighted by molar-refractivity contribution is -0.150. The SMILES string of the molecule is COc1ccccc1C(=O)N[C@H](C(=O)OCC(=O)Nc1c(F)cccc1F)C(C)C. The fourth-order valence-electron chi connectivity index (χ4n) is 2.57. The van der Waals surface area contributed by atoms with Gasteiger partial charge in [0.25, 0.3) is 11.8 Å². The number of methoxy groups -OCH3 is 1. The second kappa shape index (κ2) is 10.3. The van der Waals surface area contributed by atoms with Crippen molar-refractivity contribution in [2.24, 2.45) is 5.92 Å². The first-order valence-corrected chi connectivity index (χ1v) is 9.09. The maximum absolute atomic E-state index is 13.6. The lowest BCUT2D eigenvalue weighted by Crippen LogP contribution is -2.46. The number of nitrogens with one attached hydrogen (secondary N) is 2. The van der Waals surface area contributed by atoms with Crippen molar-refractivity contribution in [2.75, 3.05) is 19.0 Å². The van der Waals surface area contributed by atoms with Gasteiger partial charge in [0.2, 0.25) is 0 Å². The monoisotopic (exact) mass is 420 g/mol. The number of para-hydroxylation sites is 2. The lowest BCUT2D eigenvalue weighted by Gasteiger charge is -2.21. The molecule has 0 saturated heterocycles. The highest BCUT2D eigenvalue weighted by atomic mass is 19.1. The number of esters is 1. The molecule has 0 aromatic heterocycles. The van der Waals surface area contributed by atoms with Crippen LogP contribution in [-0.4, -0.2) is 37.5 Å². The Labute approximate surface area is 172 Å². The first-order valence-electron chi connectivity index (χ1n) is 9.09. The van der Waals surface area contributed by atoms with Crippen LogP contribution in [0.3, 0.4) is 0 Å². The van der Waals surface area contributed by atoms with E-state index in [2.05, 4.69) is 5.32 Å². The van der Waals surface area contributed by atoms with Crippen LogP contribution in [0.1, 0.15) is 24.2 Å². The van der Waals surface area contributed by atoms with Gasteiger partial charge in [-0.2, -0.15) is 0 Å². The molecule has 2 aromatic rings. The van der Waals surface area contributed by atoms with E-state index < -0.39 is 47.8 Å². The average Bonchev–Trinajstić information content (AvgIpc) is 2.72. The van der Waals surface area contributed by atoms with Crippen molar-refractivity contribution >= 4 is 23.5 Å². The second-order valence-corrected chi connectivity index (χ2v) is 6.65. The summed E-state index contributed by atoms with van der Waals surface area (Å²) in [6.45, 7) is 2.59. The summed E-state index contributed by atoms with van der Waals surface area (Å²) in [5.41, 5.74) is -0.408. The van der Waals surface area contributed by atoms with Gasteiger partial charge in [-0.1, -0.05) is 32.0 Å². The number of hydrogen-bond donors (Lipinski definition) is 2. The van der Waals surface area contributed by atoms with Crippen molar-refractivity contribution in [2.45, 2.75) is 19.9 Å². The second-order valence-electron chi connectivity index (χ2n) is 6.65. The number of carbonyl (C=O) groups is 3. The molecule has 9 heteroatoms. The Morgan fingerprint density at radius 3 is 2.23 bits per heavy atom. The summed E-state index contributed by atoms with van der Waals surface area (Å²) in [6.07, 6.45) is 0. The standard InChI is InChI=1S/C21H22F2N2O5/c1-12(2)18(25-20(27)13-7-4-5-10-16(13)29-3)21(28)30-11-17(26)24-19-14(22)8-6-9-15(19)23/h4-10,12,18H,11H2,1-3H3,(H,24,26)(H,25,27)/t18-/m0/s1. The minimum atomic E-state index is -1.06. The number of rotatable bonds is 8. The predicted octanol–water partition coefficient (Wildman–Crippen LogP) is 2.91. The smallest absolute Gasteiger partial charge is 0.329 e. The summed E-state index contributed by atoms with van der Waals surface area (Å²) in [6, 6.07) is 8.53. The topological polar surface area (TPSA) is 93.7 Å². The summed E-state index contributed by atoms with van der Waals surface area (Å²) < 4.78 is 37.2. The van der Waals surface area contributed by atoms with Gasteiger partial charge in [-0.15, -0.1) is 0 Å². The molecule has 30 heavy (non-hydrogen) atoms. The van der Waals surface area contributed by atoms with Crippen LogP contribution in [0.25, 0.3) is 0 Å². The summed E-state index contributed by atoms with van der Waals surface area (Å²) in [4.78, 5) is 36.9. The first-order chi connectivity index (χ1) is 14.2. The van der Waals surface area contributed by atoms with Gasteiger partial charge < -0.3 is 20.1 Å². The highest BCUT2D eigenvalue weighted by molar-refractivity contribution is 5.99. The van der Waals surface area contributed by atoms with E-state index >= 15 is 0 Å². The van der Waals surface area contributed by atoms with Crippen LogP contribution in [-0.2, 0) is 14.3 Å². The third-order valence-electron chi connectivity index (χ3n) is 4.13. The van der Waals surface area contributed by atoms with E-state index in [1.807, 2.05) is 5.32 Å². The van der Waals surface area contributed by atoms with Gasteiger partial charge in [-0.05, 0) is 30.2 Å². The molecule has 0 bridgehead atoms. The van der Waals surface area contributed by atoms with Crippen LogP contribution >= 0.6 is 0 Å². The van der Waals surface area contributed by atoms with Gasteiger partial charge in [0.15, 0.2) is 6.61 Å². The van der Waals surface area contributed by atoms with E-state index in [0.29, 0.717) is 5.75 Å². The highest BCUT2D eigenvalue weighted by Crippen LogP contribution is 2.19. The van der Waals surface area contributed by atoms with Gasteiger partial charge in [-0.3, -0.25) is 9.59 Å². The van der Waals surface area contributed by atoms with Crippen LogP contribution in [0, 0.1) is 17.6 Å². The number of carbonyl (C=O) groups excluding carboxylic acids is 3. The van der Waals surface area contributed by atoms with Crippen molar-refractivity contribution < 1.29 is 32.6 Å². The van der Waals surface area contributed by atoms with Crippen LogP contribution < -0.4 is 15.4 Å². The van der Waals surface area contributed by atoms with Crippen LogP contribution in [0.5, 0.6) is 5.75 Å². The molecule has 0 heterocycles. The summed E-state index contributed by atoms with van der Waals surface area (Å²) >= 11 is 0. The van der Waals surface area contributed by atoms with Crippen molar-refractivity contribution in [1.29, 1.82) is 0 Å². The Balaban J connectivity index is 2.00. The van der Waals surface area contributed by atoms with E-state index in [0.717, 1.165) is 18.2 Å². The zero-order valence-electron chi connectivity index (χ0n) is 16.7. The van der Waals surface area contributed by atoms with E-state index in [-0.39, 0.29) is 11.5 Å². The molecule has 1 atom stereocenters. The fourth-order valence-corrected chi connectivity index (χ4v) is 2.57. The number of halogens is 2. The first kappa shape index (κ1) is 22.8. The molecule has 0 spiro atoms. The summed E-state index contributed by atoms with van der Waals surface area (Å²) in [5, 5.41) is 4.57. The molecule has 2 N–H and O–H groups in total. The molecule has 0 unspecified atom stereocenters. The molecule has 0 radical (unpaired) electrons. The Bertz CT molecular complexity index is 913. The summed E-state index contributed by atoms with van der Waals surface area (Å²) in [7, 11) is 1.41. The Morgan fingerprint density at radius 1 is 1.00 bits per heavy atom. The zero-order chi connectivity index (χ0) is 22.3. The van der Waals surface area contributed by atoms with E-state index in [4.69, 9.17) is 9.47 Å². The molecule has 7 nitrogen and oxygen atoms in total. The highest BCUT2D eigenvalue weighted by Gasteiger charge is 2.28. The van der Waals surface area contributed by atoms with Gasteiger partial charge in [0, 0.05) is 0 Å². The molecule has 2 aromatic carbocycles. The maximum atomic E-state index is 13.6. The molecule has 2 amide bonds. The molecule has 0 aliphatic rings. The largest absolute Gasteiger partial charge is 0.496 e. The van der Waals surface area contributed by atoms with Crippen LogP contribution in [0.15, 0.2) is 42.5 Å². The molecule has 0 aliphatic carbocycles. The van der Waals surface area contributed by atoms with Gasteiger partial charge in [0.05, 0.1) is 12.7 Å². The van der Waals surface area contributed by atoms with Crippen molar-refractivity contribution in [3.05, 3.63) is 59.7 Å². The number of amides is 2. The van der Waals surface area contributed by atoms with E-state index in [1.165, 1.54) is 13.2 Å². The van der Waals surface area contributed by atoms with Crippen molar-refractivity contribution in [3.63, 3.8) is 0 Å². The predicted molar refractivity (Wildman–Crippen MR) is 105 cm³/mol. The van der Waals surface area contributed by atoms with Crippen molar-refractivity contribution in [3.8, 4) is 5.75 Å². The van der Waals surface area contributed by atoms with Crippen LogP contribution in [0.4, 0.5) is 14.5 Å². The normalized spacial score (nSPS) is 11.5. The van der Waals surface area contributed by atoms with Gasteiger partial charge in [-0.25, -0.2) is 13.6 Å². The summed E-state index contributed by atoms with van der Waals surface area (Å²) in [5.74, 6) is -4.29. The molecular formula is C21H22F2N2O5. The lowest BCUT2D eigenvalue weighted by atomic mass is 10.0. The Hall–Kier alpha value is -3.49. The molecule has 2 rings (SSSR count). The van der Waals surface area contributed by atoms with Crippen molar-refractivity contribution in [1.82, 2.24) is 5.32 Å². The van der Waals surface area contributed by atoms with Gasteiger partial charge >= 0.3 is 5.97 Å². The number of benzene rings is 2. The third-order valence-corrected chi connectivity index (χ3v) is 4.13.